The molecule has 29 heavy (non-hydrogen) atoms. The highest BCUT2D eigenvalue weighted by Gasteiger charge is 2.19. The normalized spacial score (nSPS) is 15.3. The van der Waals surface area contributed by atoms with Gasteiger partial charge in [0.2, 0.25) is 0 Å². The van der Waals surface area contributed by atoms with Gasteiger partial charge >= 0.3 is 0 Å². The van der Waals surface area contributed by atoms with Crippen LogP contribution in [-0.2, 0) is 6.54 Å². The van der Waals surface area contributed by atoms with E-state index < -0.39 is 0 Å². The summed E-state index contributed by atoms with van der Waals surface area (Å²) < 4.78 is 5.25. The predicted molar refractivity (Wildman–Crippen MR) is 118 cm³/mol. The number of nitrogens with one attached hydrogen (secondary N) is 1. The molecule has 1 aliphatic rings. The van der Waals surface area contributed by atoms with Crippen molar-refractivity contribution in [1.29, 1.82) is 0 Å². The summed E-state index contributed by atoms with van der Waals surface area (Å²) in [5, 5.41) is 12.9. The predicted octanol–water partition coefficient (Wildman–Crippen LogP) is 4.36. The third-order valence-corrected chi connectivity index (χ3v) is 5.91. The molecule has 1 aromatic heterocycles. The maximum atomic E-state index is 10.6. The summed E-state index contributed by atoms with van der Waals surface area (Å²) in [4.78, 5) is 8.21. The summed E-state index contributed by atoms with van der Waals surface area (Å²) in [7, 11) is 1.69. The minimum absolute atomic E-state index is 0.363. The SMILES string of the molecule is COc1ccc(N2CCN(Cc3cc4c(cc3O)[nH]c3ccccc34)CC2)cc1. The fourth-order valence-corrected chi connectivity index (χ4v) is 4.26. The zero-order valence-electron chi connectivity index (χ0n) is 16.6. The fourth-order valence-electron chi connectivity index (χ4n) is 4.26. The zero-order chi connectivity index (χ0) is 19.8. The molecule has 3 aromatic carbocycles. The van der Waals surface area contributed by atoms with Gasteiger partial charge in [0.15, 0.2) is 0 Å². The Morgan fingerprint density at radius 1 is 0.897 bits per heavy atom. The van der Waals surface area contributed by atoms with Gasteiger partial charge in [-0.3, -0.25) is 4.90 Å². The highest BCUT2D eigenvalue weighted by molar-refractivity contribution is 6.07. The molecule has 4 aromatic rings. The van der Waals surface area contributed by atoms with Gasteiger partial charge in [0.05, 0.1) is 12.6 Å². The maximum Gasteiger partial charge on any atom is 0.122 e. The van der Waals surface area contributed by atoms with Crippen molar-refractivity contribution in [2.45, 2.75) is 6.54 Å². The molecule has 0 saturated carbocycles. The first-order valence-corrected chi connectivity index (χ1v) is 10.0. The Balaban J connectivity index is 1.31. The van der Waals surface area contributed by atoms with Gasteiger partial charge in [-0.2, -0.15) is 0 Å². The highest BCUT2D eigenvalue weighted by atomic mass is 16.5. The number of aromatic nitrogens is 1. The second-order valence-corrected chi connectivity index (χ2v) is 7.66. The summed E-state index contributed by atoms with van der Waals surface area (Å²) in [6.07, 6.45) is 0. The maximum absolute atomic E-state index is 10.6. The number of hydrogen-bond donors (Lipinski definition) is 2. The van der Waals surface area contributed by atoms with Crippen molar-refractivity contribution in [3.8, 4) is 11.5 Å². The van der Waals surface area contributed by atoms with Crippen LogP contribution in [0.1, 0.15) is 5.56 Å². The van der Waals surface area contributed by atoms with Crippen LogP contribution in [0.15, 0.2) is 60.7 Å². The van der Waals surface area contributed by atoms with Crippen LogP contribution < -0.4 is 9.64 Å². The smallest absolute Gasteiger partial charge is 0.122 e. The fraction of sp³-hybridized carbons (Fsp3) is 0.250. The third kappa shape index (κ3) is 3.38. The number of para-hydroxylation sites is 1. The number of aromatic amines is 1. The van der Waals surface area contributed by atoms with E-state index in [9.17, 15) is 5.11 Å². The quantitative estimate of drug-likeness (QED) is 0.546. The molecule has 0 spiro atoms. The van der Waals surface area contributed by atoms with E-state index in [1.54, 1.807) is 7.11 Å². The molecule has 0 amide bonds. The minimum Gasteiger partial charge on any atom is -0.508 e. The van der Waals surface area contributed by atoms with Crippen LogP contribution >= 0.6 is 0 Å². The van der Waals surface area contributed by atoms with Gasteiger partial charge in [0.1, 0.15) is 11.5 Å². The molecule has 148 valence electrons. The van der Waals surface area contributed by atoms with Crippen LogP contribution in [0.4, 0.5) is 5.69 Å². The molecule has 0 unspecified atom stereocenters. The average molecular weight is 387 g/mol. The van der Waals surface area contributed by atoms with Crippen molar-refractivity contribution in [1.82, 2.24) is 9.88 Å². The monoisotopic (exact) mass is 387 g/mol. The Kier molecular flexibility index (Phi) is 4.52. The zero-order valence-corrected chi connectivity index (χ0v) is 16.6. The Morgan fingerprint density at radius 3 is 2.41 bits per heavy atom. The Morgan fingerprint density at radius 2 is 1.66 bits per heavy atom. The van der Waals surface area contributed by atoms with E-state index in [2.05, 4.69) is 51.2 Å². The van der Waals surface area contributed by atoms with Gasteiger partial charge in [-0.05, 0) is 36.4 Å². The van der Waals surface area contributed by atoms with Crippen molar-refractivity contribution < 1.29 is 9.84 Å². The van der Waals surface area contributed by atoms with Crippen molar-refractivity contribution in [2.75, 3.05) is 38.2 Å². The molecule has 1 aliphatic heterocycles. The van der Waals surface area contributed by atoms with E-state index in [4.69, 9.17) is 4.74 Å². The molecule has 1 saturated heterocycles. The molecule has 0 bridgehead atoms. The largest absolute Gasteiger partial charge is 0.508 e. The number of piperazine rings is 1. The Labute approximate surface area is 170 Å². The lowest BCUT2D eigenvalue weighted by molar-refractivity contribution is 0.247. The summed E-state index contributed by atoms with van der Waals surface area (Å²) in [6, 6.07) is 20.5. The van der Waals surface area contributed by atoms with Gasteiger partial charge < -0.3 is 19.7 Å². The standard InChI is InChI=1S/C24H25N3O2/c1-29-19-8-6-18(7-9-19)27-12-10-26(11-13-27)16-17-14-21-20-4-2-3-5-22(20)25-23(21)15-24(17)28/h2-9,14-15,25,28H,10-13,16H2,1H3. The minimum atomic E-state index is 0.363. The van der Waals surface area contributed by atoms with E-state index in [0.29, 0.717) is 5.75 Å². The first kappa shape index (κ1) is 17.9. The number of aromatic hydroxyl groups is 1. The van der Waals surface area contributed by atoms with Crippen LogP contribution in [0.2, 0.25) is 0 Å². The molecule has 2 N–H and O–H groups in total. The van der Waals surface area contributed by atoms with Crippen molar-refractivity contribution in [3.63, 3.8) is 0 Å². The second kappa shape index (κ2) is 7.33. The first-order valence-electron chi connectivity index (χ1n) is 10.0. The van der Waals surface area contributed by atoms with Gasteiger partial charge in [-0.1, -0.05) is 18.2 Å². The Hall–Kier alpha value is -3.18. The van der Waals surface area contributed by atoms with Crippen LogP contribution in [-0.4, -0.2) is 48.3 Å². The molecule has 0 radical (unpaired) electrons. The van der Waals surface area contributed by atoms with Crippen molar-refractivity contribution >= 4 is 27.5 Å². The number of rotatable bonds is 4. The number of phenolic OH excluding ortho intramolecular Hbond substituents is 1. The highest BCUT2D eigenvalue weighted by Crippen LogP contribution is 2.31. The van der Waals surface area contributed by atoms with E-state index in [-0.39, 0.29) is 0 Å². The van der Waals surface area contributed by atoms with Gasteiger partial charge in [0.25, 0.3) is 0 Å². The van der Waals surface area contributed by atoms with Crippen molar-refractivity contribution in [2.24, 2.45) is 0 Å². The number of fused-ring (bicyclic) bond motifs is 3. The summed E-state index contributed by atoms with van der Waals surface area (Å²) >= 11 is 0. The number of hydrogen-bond acceptors (Lipinski definition) is 4. The molecule has 5 heteroatoms. The molecular formula is C24H25N3O2. The van der Waals surface area contributed by atoms with E-state index in [0.717, 1.165) is 55.1 Å². The average Bonchev–Trinajstić information content (AvgIpc) is 3.12. The number of phenols is 1. The van der Waals surface area contributed by atoms with E-state index in [1.165, 1.54) is 16.5 Å². The summed E-state index contributed by atoms with van der Waals surface area (Å²) in [5.41, 5.74) is 4.30. The van der Waals surface area contributed by atoms with Gasteiger partial charge in [-0.25, -0.2) is 0 Å². The van der Waals surface area contributed by atoms with Crippen LogP contribution in [0.25, 0.3) is 21.8 Å². The molecule has 5 rings (SSSR count). The number of benzene rings is 3. The lowest BCUT2D eigenvalue weighted by Gasteiger charge is -2.36. The van der Waals surface area contributed by atoms with Gasteiger partial charge in [-0.15, -0.1) is 0 Å². The van der Waals surface area contributed by atoms with E-state index in [1.807, 2.05) is 24.3 Å². The first-order chi connectivity index (χ1) is 14.2. The summed E-state index contributed by atoms with van der Waals surface area (Å²) in [6.45, 7) is 4.65. The third-order valence-electron chi connectivity index (χ3n) is 5.91. The topological polar surface area (TPSA) is 51.7 Å². The molecule has 1 fully saturated rings. The Bertz CT molecular complexity index is 1140. The second-order valence-electron chi connectivity index (χ2n) is 7.66. The van der Waals surface area contributed by atoms with Gasteiger partial charge in [0, 0.05) is 66.3 Å². The number of ether oxygens (including phenoxy) is 1. The lowest BCUT2D eigenvalue weighted by atomic mass is 10.1. The molecule has 5 nitrogen and oxygen atoms in total. The summed E-state index contributed by atoms with van der Waals surface area (Å²) in [5.74, 6) is 1.25. The molecule has 2 heterocycles. The number of H-pyrrole nitrogens is 1. The molecule has 0 aliphatic carbocycles. The van der Waals surface area contributed by atoms with E-state index >= 15 is 0 Å². The van der Waals surface area contributed by atoms with Crippen LogP contribution in [0.3, 0.4) is 0 Å². The molecule has 0 atom stereocenters. The lowest BCUT2D eigenvalue weighted by Crippen LogP contribution is -2.45. The number of anilines is 1. The van der Waals surface area contributed by atoms with Crippen LogP contribution in [0.5, 0.6) is 11.5 Å². The van der Waals surface area contributed by atoms with Crippen LogP contribution in [0, 0.1) is 0 Å². The number of nitrogens with zero attached hydrogens (tertiary/aromatic N) is 2. The number of methoxy groups -OCH3 is 1. The molecular weight excluding hydrogens is 362 g/mol. The van der Waals surface area contributed by atoms with Crippen molar-refractivity contribution in [3.05, 3.63) is 66.2 Å².